The molecule has 3 nitrogen and oxygen atoms in total. The minimum absolute atomic E-state index is 0.714. The molecule has 0 bridgehead atoms. The Balaban J connectivity index is 1.61. The highest BCUT2D eigenvalue weighted by Crippen LogP contribution is 2.19. The molecular weight excluding hydrogens is 258 g/mol. The molecule has 98 valence electrons. The van der Waals surface area contributed by atoms with Crippen molar-refractivity contribution in [1.29, 1.82) is 0 Å². The number of nitrogens with one attached hydrogen (secondary N) is 1. The molecule has 0 unspecified atom stereocenters. The smallest absolute Gasteiger partial charge is 0.132 e. The van der Waals surface area contributed by atoms with E-state index in [0.29, 0.717) is 6.04 Å². The molecule has 2 aromatic rings. The van der Waals surface area contributed by atoms with Crippen LogP contribution in [0.2, 0.25) is 5.02 Å². The third-order valence-corrected chi connectivity index (χ3v) is 3.42. The van der Waals surface area contributed by atoms with Crippen LogP contribution in [-0.2, 0) is 13.0 Å². The number of hydrogen-bond donors (Lipinski definition) is 1. The van der Waals surface area contributed by atoms with Gasteiger partial charge in [-0.05, 0) is 30.5 Å². The molecule has 19 heavy (non-hydrogen) atoms. The van der Waals surface area contributed by atoms with Crippen LogP contribution in [0.5, 0.6) is 0 Å². The first kappa shape index (κ1) is 12.6. The van der Waals surface area contributed by atoms with E-state index in [9.17, 15) is 0 Å². The standard InChI is InChI=1S/C15H16ClN3/c16-13-3-1-2-11(6-13)7-15-18-9-12(10-19-15)8-17-14-4-5-14/h1-3,6,9-10,14,17H,4-5,7-8H2. The lowest BCUT2D eigenvalue weighted by atomic mass is 10.1. The van der Waals surface area contributed by atoms with Gasteiger partial charge < -0.3 is 5.32 Å². The monoisotopic (exact) mass is 273 g/mol. The number of rotatable bonds is 5. The van der Waals surface area contributed by atoms with Crippen LogP contribution < -0.4 is 5.32 Å². The molecule has 1 N–H and O–H groups in total. The molecule has 1 aromatic carbocycles. The van der Waals surface area contributed by atoms with Crippen LogP contribution in [0.15, 0.2) is 36.7 Å². The third kappa shape index (κ3) is 3.75. The lowest BCUT2D eigenvalue weighted by Crippen LogP contribution is -2.15. The lowest BCUT2D eigenvalue weighted by Gasteiger charge is -2.04. The van der Waals surface area contributed by atoms with Gasteiger partial charge >= 0.3 is 0 Å². The molecule has 1 aliphatic carbocycles. The van der Waals surface area contributed by atoms with E-state index in [1.165, 1.54) is 12.8 Å². The number of hydrogen-bond acceptors (Lipinski definition) is 3. The maximum absolute atomic E-state index is 5.96. The van der Waals surface area contributed by atoms with Gasteiger partial charge in [-0.25, -0.2) is 9.97 Å². The molecule has 3 rings (SSSR count). The highest BCUT2D eigenvalue weighted by molar-refractivity contribution is 6.30. The Morgan fingerprint density at radius 3 is 2.63 bits per heavy atom. The van der Waals surface area contributed by atoms with Crippen molar-refractivity contribution in [2.45, 2.75) is 31.8 Å². The Hall–Kier alpha value is -1.45. The molecule has 1 fully saturated rings. The van der Waals surface area contributed by atoms with Gasteiger partial charge in [0.1, 0.15) is 5.82 Å². The Kier molecular flexibility index (Phi) is 3.76. The maximum Gasteiger partial charge on any atom is 0.132 e. The SMILES string of the molecule is Clc1cccc(Cc2ncc(CNC3CC3)cn2)c1. The fraction of sp³-hybridized carbons (Fsp3) is 0.333. The van der Waals surface area contributed by atoms with Gasteiger partial charge in [0.2, 0.25) is 0 Å². The van der Waals surface area contributed by atoms with Gasteiger partial charge in [-0.3, -0.25) is 0 Å². The Bertz CT molecular complexity index is 550. The molecule has 0 spiro atoms. The highest BCUT2D eigenvalue weighted by Gasteiger charge is 2.19. The van der Waals surface area contributed by atoms with Gasteiger partial charge in [-0.15, -0.1) is 0 Å². The quantitative estimate of drug-likeness (QED) is 0.910. The largest absolute Gasteiger partial charge is 0.310 e. The van der Waals surface area contributed by atoms with Crippen molar-refractivity contribution in [3.05, 3.63) is 58.6 Å². The zero-order chi connectivity index (χ0) is 13.1. The molecule has 1 aliphatic rings. The molecule has 4 heteroatoms. The van der Waals surface area contributed by atoms with E-state index >= 15 is 0 Å². The van der Waals surface area contributed by atoms with Gasteiger partial charge in [0.15, 0.2) is 0 Å². The van der Waals surface area contributed by atoms with E-state index in [-0.39, 0.29) is 0 Å². The van der Waals surface area contributed by atoms with E-state index < -0.39 is 0 Å². The first-order chi connectivity index (χ1) is 9.29. The van der Waals surface area contributed by atoms with E-state index in [1.807, 2.05) is 36.7 Å². The van der Waals surface area contributed by atoms with Gasteiger partial charge in [-0.2, -0.15) is 0 Å². The number of benzene rings is 1. The zero-order valence-electron chi connectivity index (χ0n) is 10.6. The summed E-state index contributed by atoms with van der Waals surface area (Å²) in [5.74, 6) is 0.831. The minimum atomic E-state index is 0.714. The summed E-state index contributed by atoms with van der Waals surface area (Å²) >= 11 is 5.96. The number of halogens is 1. The van der Waals surface area contributed by atoms with Crippen molar-refractivity contribution >= 4 is 11.6 Å². The second-order valence-corrected chi connectivity index (χ2v) is 5.41. The van der Waals surface area contributed by atoms with Crippen LogP contribution in [0.4, 0.5) is 0 Å². The van der Waals surface area contributed by atoms with Crippen LogP contribution in [0, 0.1) is 0 Å². The fourth-order valence-corrected chi connectivity index (χ4v) is 2.16. The van der Waals surface area contributed by atoms with Crippen LogP contribution in [0.1, 0.15) is 29.8 Å². The van der Waals surface area contributed by atoms with E-state index in [2.05, 4.69) is 15.3 Å². The third-order valence-electron chi connectivity index (χ3n) is 3.18. The zero-order valence-corrected chi connectivity index (χ0v) is 11.4. The molecular formula is C15H16ClN3. The lowest BCUT2D eigenvalue weighted by molar-refractivity contribution is 0.681. The molecule has 1 heterocycles. The summed E-state index contributed by atoms with van der Waals surface area (Å²) < 4.78 is 0. The van der Waals surface area contributed by atoms with Crippen LogP contribution in [0.3, 0.4) is 0 Å². The molecule has 1 saturated carbocycles. The first-order valence-corrected chi connectivity index (χ1v) is 6.95. The average Bonchev–Trinajstić information content (AvgIpc) is 3.22. The first-order valence-electron chi connectivity index (χ1n) is 6.57. The van der Waals surface area contributed by atoms with Gasteiger partial charge in [-0.1, -0.05) is 23.7 Å². The predicted molar refractivity (Wildman–Crippen MR) is 76.2 cm³/mol. The second-order valence-electron chi connectivity index (χ2n) is 4.97. The van der Waals surface area contributed by atoms with Gasteiger partial charge in [0, 0.05) is 42.0 Å². The van der Waals surface area contributed by atoms with Gasteiger partial charge in [0.25, 0.3) is 0 Å². The molecule has 0 atom stereocenters. The molecule has 1 aromatic heterocycles. The minimum Gasteiger partial charge on any atom is -0.310 e. The summed E-state index contributed by atoms with van der Waals surface area (Å²) in [6, 6.07) is 8.53. The maximum atomic E-state index is 5.96. The van der Waals surface area contributed by atoms with Crippen molar-refractivity contribution in [3.8, 4) is 0 Å². The Morgan fingerprint density at radius 1 is 1.16 bits per heavy atom. The molecule has 0 aliphatic heterocycles. The van der Waals surface area contributed by atoms with Crippen LogP contribution in [-0.4, -0.2) is 16.0 Å². The molecule has 0 amide bonds. The van der Waals surface area contributed by atoms with Crippen molar-refractivity contribution < 1.29 is 0 Å². The summed E-state index contributed by atoms with van der Waals surface area (Å²) in [6.07, 6.45) is 7.13. The average molecular weight is 274 g/mol. The second kappa shape index (κ2) is 5.68. The molecule has 0 saturated heterocycles. The number of aromatic nitrogens is 2. The van der Waals surface area contributed by atoms with E-state index in [0.717, 1.165) is 34.9 Å². The predicted octanol–water partition coefficient (Wildman–Crippen LogP) is 2.97. The highest BCUT2D eigenvalue weighted by atomic mass is 35.5. The summed E-state index contributed by atoms with van der Waals surface area (Å²) in [5.41, 5.74) is 2.28. The van der Waals surface area contributed by atoms with E-state index in [4.69, 9.17) is 11.6 Å². The Labute approximate surface area is 118 Å². The van der Waals surface area contributed by atoms with E-state index in [1.54, 1.807) is 0 Å². The Morgan fingerprint density at radius 2 is 1.95 bits per heavy atom. The van der Waals surface area contributed by atoms with Crippen LogP contribution in [0.25, 0.3) is 0 Å². The summed E-state index contributed by atoms with van der Waals surface area (Å²) in [4.78, 5) is 8.82. The van der Waals surface area contributed by atoms with Crippen molar-refractivity contribution in [2.75, 3.05) is 0 Å². The van der Waals surface area contributed by atoms with Crippen molar-refractivity contribution in [3.63, 3.8) is 0 Å². The van der Waals surface area contributed by atoms with Gasteiger partial charge in [0.05, 0.1) is 0 Å². The summed E-state index contributed by atoms with van der Waals surface area (Å²) in [7, 11) is 0. The topological polar surface area (TPSA) is 37.8 Å². The summed E-state index contributed by atoms with van der Waals surface area (Å²) in [6.45, 7) is 0.863. The summed E-state index contributed by atoms with van der Waals surface area (Å²) in [5, 5.41) is 4.20. The van der Waals surface area contributed by atoms with Crippen molar-refractivity contribution in [2.24, 2.45) is 0 Å². The van der Waals surface area contributed by atoms with Crippen LogP contribution >= 0.6 is 11.6 Å². The number of nitrogens with zero attached hydrogens (tertiary/aromatic N) is 2. The normalized spacial score (nSPS) is 14.6. The fourth-order valence-electron chi connectivity index (χ4n) is 1.94. The van der Waals surface area contributed by atoms with Crippen molar-refractivity contribution in [1.82, 2.24) is 15.3 Å². The molecule has 0 radical (unpaired) electrons.